The van der Waals surface area contributed by atoms with Gasteiger partial charge in [-0.15, -0.1) is 11.3 Å². The Bertz CT molecular complexity index is 691. The Morgan fingerprint density at radius 3 is 2.46 bits per heavy atom. The first-order chi connectivity index (χ1) is 11.4. The predicted octanol–water partition coefficient (Wildman–Crippen LogP) is 3.01. The molecule has 130 valence electrons. The molecule has 2 N–H and O–H groups in total. The zero-order chi connectivity index (χ0) is 17.9. The van der Waals surface area contributed by atoms with Crippen LogP contribution in [0.5, 0.6) is 0 Å². The summed E-state index contributed by atoms with van der Waals surface area (Å²) in [6, 6.07) is 0. The number of aryl methyl sites for hydroxylation is 1. The monoisotopic (exact) mass is 351 g/mol. The summed E-state index contributed by atoms with van der Waals surface area (Å²) in [5.41, 5.74) is 1.22. The normalized spacial score (nSPS) is 19.8. The number of hydrogen-bond acceptors (Lipinski definition) is 5. The molecule has 0 spiro atoms. The van der Waals surface area contributed by atoms with Gasteiger partial charge in [0.25, 0.3) is 0 Å². The fourth-order valence-electron chi connectivity index (χ4n) is 2.99. The number of aliphatic carboxylic acids is 1. The van der Waals surface area contributed by atoms with E-state index in [9.17, 15) is 19.5 Å². The van der Waals surface area contributed by atoms with Crippen molar-refractivity contribution in [2.24, 2.45) is 11.8 Å². The fourth-order valence-corrected chi connectivity index (χ4v) is 4.13. The Morgan fingerprint density at radius 2 is 1.92 bits per heavy atom. The number of carbonyl (C=O) groups excluding carboxylic acids is 2. The van der Waals surface area contributed by atoms with E-state index in [-0.39, 0.29) is 5.91 Å². The van der Waals surface area contributed by atoms with Crippen molar-refractivity contribution >= 4 is 34.2 Å². The second-order valence-corrected chi connectivity index (χ2v) is 6.89. The summed E-state index contributed by atoms with van der Waals surface area (Å²) in [4.78, 5) is 37.0. The van der Waals surface area contributed by atoms with E-state index in [1.54, 1.807) is 6.08 Å². The third-order valence-corrected chi connectivity index (χ3v) is 5.34. The Kier molecular flexibility index (Phi) is 5.77. The third-order valence-electron chi connectivity index (χ3n) is 4.28. The maximum Gasteiger partial charge on any atom is 0.341 e. The number of allylic oxidation sites excluding steroid dienone is 2. The molecule has 0 bridgehead atoms. The van der Waals surface area contributed by atoms with Gasteiger partial charge in [0.2, 0.25) is 5.91 Å². The minimum absolute atomic E-state index is 0.334. The smallest absolute Gasteiger partial charge is 0.341 e. The van der Waals surface area contributed by atoms with Crippen molar-refractivity contribution < 1.29 is 24.2 Å². The summed E-state index contributed by atoms with van der Waals surface area (Å²) in [6.07, 6.45) is 4.96. The van der Waals surface area contributed by atoms with Crippen molar-refractivity contribution in [3.63, 3.8) is 0 Å². The zero-order valence-electron chi connectivity index (χ0n) is 13.9. The third kappa shape index (κ3) is 3.51. The van der Waals surface area contributed by atoms with Crippen LogP contribution in [0.3, 0.4) is 0 Å². The quantitative estimate of drug-likeness (QED) is 0.628. The van der Waals surface area contributed by atoms with E-state index in [0.29, 0.717) is 29.8 Å². The Labute approximate surface area is 144 Å². The van der Waals surface area contributed by atoms with Gasteiger partial charge in [0.05, 0.1) is 24.5 Å². The molecule has 0 aromatic carbocycles. The molecule has 7 heteroatoms. The van der Waals surface area contributed by atoms with E-state index in [1.165, 1.54) is 18.4 Å². The largest absolute Gasteiger partial charge is 0.481 e. The van der Waals surface area contributed by atoms with Gasteiger partial charge in [-0.3, -0.25) is 9.59 Å². The van der Waals surface area contributed by atoms with E-state index < -0.39 is 23.8 Å². The molecule has 0 unspecified atom stereocenters. The van der Waals surface area contributed by atoms with Crippen LogP contribution in [0.1, 0.15) is 40.6 Å². The lowest BCUT2D eigenvalue weighted by atomic mass is 9.82. The van der Waals surface area contributed by atoms with Crippen LogP contribution in [-0.2, 0) is 20.7 Å². The molecule has 0 saturated heterocycles. The average molecular weight is 351 g/mol. The molecule has 6 nitrogen and oxygen atoms in total. The summed E-state index contributed by atoms with van der Waals surface area (Å²) in [7, 11) is 1.30. The fraction of sp³-hybridized carbons (Fsp3) is 0.471. The molecule has 0 fully saturated rings. The SMILES string of the molecule is CCc1c(C)sc(NC(=O)[C@@H]2CC=CC[C@H]2C(=O)O)c1C(=O)OC. The molecule has 0 saturated carbocycles. The molecule has 1 amide bonds. The second kappa shape index (κ2) is 7.61. The molecular weight excluding hydrogens is 330 g/mol. The molecular formula is C17H21NO5S. The van der Waals surface area contributed by atoms with Gasteiger partial charge in [-0.1, -0.05) is 19.1 Å². The average Bonchev–Trinajstić information content (AvgIpc) is 2.88. The van der Waals surface area contributed by atoms with Crippen molar-refractivity contribution in [2.45, 2.75) is 33.1 Å². The molecule has 2 rings (SSSR count). The van der Waals surface area contributed by atoms with Gasteiger partial charge in [-0.05, 0) is 31.7 Å². The van der Waals surface area contributed by atoms with Crippen LogP contribution in [0.15, 0.2) is 12.2 Å². The number of anilines is 1. The minimum Gasteiger partial charge on any atom is -0.481 e. The number of methoxy groups -OCH3 is 1. The molecule has 2 atom stereocenters. The van der Waals surface area contributed by atoms with Gasteiger partial charge in [0, 0.05) is 4.88 Å². The van der Waals surface area contributed by atoms with Gasteiger partial charge in [-0.2, -0.15) is 0 Å². The van der Waals surface area contributed by atoms with Crippen LogP contribution in [0.2, 0.25) is 0 Å². The number of ether oxygens (including phenoxy) is 1. The van der Waals surface area contributed by atoms with Crippen molar-refractivity contribution in [1.82, 2.24) is 0 Å². The number of carbonyl (C=O) groups is 3. The highest BCUT2D eigenvalue weighted by Crippen LogP contribution is 2.35. The Morgan fingerprint density at radius 1 is 1.29 bits per heavy atom. The van der Waals surface area contributed by atoms with Crippen LogP contribution in [0, 0.1) is 18.8 Å². The summed E-state index contributed by atoms with van der Waals surface area (Å²) in [6.45, 7) is 3.81. The number of thiophene rings is 1. The Balaban J connectivity index is 2.30. The molecule has 24 heavy (non-hydrogen) atoms. The van der Waals surface area contributed by atoms with Crippen LogP contribution >= 0.6 is 11.3 Å². The lowest BCUT2D eigenvalue weighted by Crippen LogP contribution is -2.34. The van der Waals surface area contributed by atoms with Crippen molar-refractivity contribution in [3.05, 3.63) is 28.2 Å². The highest BCUT2D eigenvalue weighted by Gasteiger charge is 2.35. The first-order valence-corrected chi connectivity index (χ1v) is 8.61. The molecule has 1 aromatic rings. The Hall–Kier alpha value is -2.15. The second-order valence-electron chi connectivity index (χ2n) is 5.67. The predicted molar refractivity (Wildman–Crippen MR) is 91.4 cm³/mol. The van der Waals surface area contributed by atoms with Gasteiger partial charge in [0.15, 0.2) is 0 Å². The molecule has 0 aliphatic heterocycles. The van der Waals surface area contributed by atoms with Crippen LogP contribution in [0.4, 0.5) is 5.00 Å². The minimum atomic E-state index is -0.982. The van der Waals surface area contributed by atoms with E-state index in [0.717, 1.165) is 10.4 Å². The first-order valence-electron chi connectivity index (χ1n) is 7.79. The summed E-state index contributed by atoms with van der Waals surface area (Å²) in [5.74, 6) is -3.25. The lowest BCUT2D eigenvalue weighted by Gasteiger charge is -2.24. The van der Waals surface area contributed by atoms with E-state index in [1.807, 2.05) is 19.9 Å². The van der Waals surface area contributed by atoms with Crippen molar-refractivity contribution in [1.29, 1.82) is 0 Å². The van der Waals surface area contributed by atoms with E-state index >= 15 is 0 Å². The zero-order valence-corrected chi connectivity index (χ0v) is 14.7. The molecule has 1 aliphatic rings. The summed E-state index contributed by atoms with van der Waals surface area (Å²) in [5, 5.41) is 12.5. The molecule has 1 aliphatic carbocycles. The number of amides is 1. The maximum atomic E-state index is 12.6. The van der Waals surface area contributed by atoms with Crippen LogP contribution in [0.25, 0.3) is 0 Å². The number of carboxylic acids is 1. The van der Waals surface area contributed by atoms with Gasteiger partial charge < -0.3 is 15.2 Å². The lowest BCUT2D eigenvalue weighted by molar-refractivity contribution is -0.146. The standard InChI is InChI=1S/C17H21NO5S/c1-4-10-9(2)24-15(13(10)17(22)23-3)18-14(19)11-7-5-6-8-12(11)16(20)21/h5-6,11-12H,4,7-8H2,1-3H3,(H,18,19)(H,20,21)/t11-,12-/m1/s1. The number of hydrogen-bond donors (Lipinski definition) is 2. The first kappa shape index (κ1) is 18.2. The summed E-state index contributed by atoms with van der Waals surface area (Å²) < 4.78 is 4.83. The molecule has 1 heterocycles. The van der Waals surface area contributed by atoms with Crippen LogP contribution in [-0.4, -0.2) is 30.1 Å². The number of esters is 1. The number of rotatable bonds is 5. The maximum absolute atomic E-state index is 12.6. The van der Waals surface area contributed by atoms with E-state index in [4.69, 9.17) is 4.74 Å². The molecule has 1 aromatic heterocycles. The van der Waals surface area contributed by atoms with Gasteiger partial charge in [0.1, 0.15) is 5.00 Å². The number of nitrogens with one attached hydrogen (secondary N) is 1. The van der Waals surface area contributed by atoms with Gasteiger partial charge >= 0.3 is 11.9 Å². The van der Waals surface area contributed by atoms with Crippen molar-refractivity contribution in [2.75, 3.05) is 12.4 Å². The topological polar surface area (TPSA) is 92.7 Å². The summed E-state index contributed by atoms with van der Waals surface area (Å²) >= 11 is 1.31. The number of carboxylic acid groups (broad SMARTS) is 1. The molecule has 0 radical (unpaired) electrons. The highest BCUT2D eigenvalue weighted by molar-refractivity contribution is 7.16. The highest BCUT2D eigenvalue weighted by atomic mass is 32.1. The van der Waals surface area contributed by atoms with Crippen molar-refractivity contribution in [3.8, 4) is 0 Å². The van der Waals surface area contributed by atoms with E-state index in [2.05, 4.69) is 5.32 Å². The van der Waals surface area contributed by atoms with Gasteiger partial charge in [-0.25, -0.2) is 4.79 Å². The van der Waals surface area contributed by atoms with Crippen LogP contribution < -0.4 is 5.32 Å².